The average molecular weight is 287 g/mol. The molecule has 1 amide bonds. The van der Waals surface area contributed by atoms with Crippen LogP contribution in [0.4, 0.5) is 0 Å². The van der Waals surface area contributed by atoms with E-state index in [0.29, 0.717) is 11.0 Å². The van der Waals surface area contributed by atoms with Gasteiger partial charge < -0.3 is 9.88 Å². The van der Waals surface area contributed by atoms with E-state index >= 15 is 0 Å². The second kappa shape index (κ2) is 6.21. The van der Waals surface area contributed by atoms with Gasteiger partial charge in [-0.15, -0.1) is 6.58 Å². The van der Waals surface area contributed by atoms with Gasteiger partial charge in [0.25, 0.3) is 0 Å². The maximum absolute atomic E-state index is 12.2. The minimum absolute atomic E-state index is 0.144. The maximum atomic E-state index is 12.2. The lowest BCUT2D eigenvalue weighted by Crippen LogP contribution is -2.42. The van der Waals surface area contributed by atoms with Gasteiger partial charge in [-0.3, -0.25) is 19.0 Å². The normalized spacial score (nSPS) is 10.5. The minimum Gasteiger partial charge on any atom is -0.359 e. The van der Waals surface area contributed by atoms with Crippen molar-refractivity contribution in [1.82, 2.24) is 14.5 Å². The van der Waals surface area contributed by atoms with E-state index in [0.717, 1.165) is 0 Å². The fraction of sp³-hybridized carbons (Fsp3) is 0.267. The summed E-state index contributed by atoms with van der Waals surface area (Å²) in [5, 5.41) is 2.50. The number of carbonyl (C=O) groups is 1. The van der Waals surface area contributed by atoms with E-state index < -0.39 is 11.1 Å². The number of amides is 1. The number of rotatable bonds is 5. The van der Waals surface area contributed by atoms with Crippen molar-refractivity contribution in [3.05, 3.63) is 57.6 Å². The first kappa shape index (κ1) is 14.8. The van der Waals surface area contributed by atoms with Crippen LogP contribution in [0.15, 0.2) is 46.5 Å². The van der Waals surface area contributed by atoms with Crippen LogP contribution in [0.25, 0.3) is 11.0 Å². The Bertz CT molecular complexity index is 802. The highest BCUT2D eigenvalue weighted by molar-refractivity contribution is 5.77. The summed E-state index contributed by atoms with van der Waals surface area (Å²) < 4.78 is 2.74. The van der Waals surface area contributed by atoms with Crippen molar-refractivity contribution in [3.8, 4) is 0 Å². The van der Waals surface area contributed by atoms with Gasteiger partial charge in [0.1, 0.15) is 0 Å². The third-order valence-corrected chi connectivity index (χ3v) is 3.29. The molecule has 21 heavy (non-hydrogen) atoms. The molecule has 0 aliphatic heterocycles. The molecule has 0 saturated carbocycles. The Kier molecular flexibility index (Phi) is 4.37. The molecule has 2 rings (SSSR count). The summed E-state index contributed by atoms with van der Waals surface area (Å²) in [7, 11) is 1.53. The number of aryl methyl sites for hydroxylation is 1. The number of nitrogens with zero attached hydrogens (tertiary/aromatic N) is 2. The molecule has 0 unspecified atom stereocenters. The number of para-hydroxylation sites is 2. The number of aromatic nitrogens is 2. The zero-order valence-corrected chi connectivity index (χ0v) is 11.8. The van der Waals surface area contributed by atoms with Crippen molar-refractivity contribution in [2.45, 2.75) is 19.5 Å². The highest BCUT2D eigenvalue weighted by Crippen LogP contribution is 2.10. The number of hydrogen-bond donors (Lipinski definition) is 1. The second-order valence-electron chi connectivity index (χ2n) is 4.57. The molecule has 0 bridgehead atoms. The largest absolute Gasteiger partial charge is 0.359 e. The van der Waals surface area contributed by atoms with Gasteiger partial charge in [-0.1, -0.05) is 18.2 Å². The van der Waals surface area contributed by atoms with E-state index in [9.17, 15) is 14.4 Å². The molecular weight excluding hydrogens is 270 g/mol. The molecule has 6 heteroatoms. The molecule has 0 fully saturated rings. The Hall–Kier alpha value is -2.63. The first-order valence-corrected chi connectivity index (χ1v) is 6.64. The van der Waals surface area contributed by atoms with Crippen LogP contribution in [0.1, 0.15) is 6.42 Å². The summed E-state index contributed by atoms with van der Waals surface area (Å²) in [4.78, 5) is 35.8. The van der Waals surface area contributed by atoms with Gasteiger partial charge in [0.05, 0.1) is 11.0 Å². The smallest absolute Gasteiger partial charge is 0.317 e. The van der Waals surface area contributed by atoms with Crippen LogP contribution < -0.4 is 16.4 Å². The van der Waals surface area contributed by atoms with Crippen molar-refractivity contribution in [2.75, 3.05) is 7.05 Å². The monoisotopic (exact) mass is 287 g/mol. The van der Waals surface area contributed by atoms with E-state index in [-0.39, 0.29) is 25.4 Å². The molecule has 0 spiro atoms. The zero-order chi connectivity index (χ0) is 15.4. The van der Waals surface area contributed by atoms with Crippen LogP contribution in [0.3, 0.4) is 0 Å². The van der Waals surface area contributed by atoms with E-state index in [1.165, 1.54) is 16.2 Å². The fourth-order valence-corrected chi connectivity index (χ4v) is 2.24. The molecule has 0 saturated heterocycles. The molecule has 1 heterocycles. The number of nitrogens with one attached hydrogen (secondary N) is 1. The predicted octanol–water partition coefficient (Wildman–Crippen LogP) is 0.485. The van der Waals surface area contributed by atoms with E-state index in [1.54, 1.807) is 30.3 Å². The topological polar surface area (TPSA) is 73.1 Å². The third kappa shape index (κ3) is 2.79. The Balaban J connectivity index is 2.66. The molecule has 1 aromatic carbocycles. The Morgan fingerprint density at radius 2 is 1.76 bits per heavy atom. The van der Waals surface area contributed by atoms with Gasteiger partial charge in [-0.05, 0) is 12.1 Å². The second-order valence-corrected chi connectivity index (χ2v) is 4.57. The van der Waals surface area contributed by atoms with Gasteiger partial charge >= 0.3 is 11.1 Å². The molecule has 6 nitrogen and oxygen atoms in total. The van der Waals surface area contributed by atoms with Gasteiger partial charge in [0.2, 0.25) is 5.91 Å². The van der Waals surface area contributed by atoms with Gasteiger partial charge in [-0.25, -0.2) is 0 Å². The SMILES string of the molecule is C=CCn1c(=O)c(=O)n(CCC(=O)NC)c2ccccc21. The van der Waals surface area contributed by atoms with Crippen LogP contribution in [-0.2, 0) is 17.9 Å². The van der Waals surface area contributed by atoms with Crippen molar-refractivity contribution < 1.29 is 4.79 Å². The zero-order valence-electron chi connectivity index (χ0n) is 11.8. The standard InChI is InChI=1S/C15H17N3O3/c1-3-9-17-11-6-4-5-7-12(11)18(15(21)14(17)20)10-8-13(19)16-2/h3-7H,1,8-10H2,2H3,(H,16,19). The van der Waals surface area contributed by atoms with Crippen LogP contribution in [-0.4, -0.2) is 22.1 Å². The summed E-state index contributed by atoms with van der Waals surface area (Å²) in [6.45, 7) is 4.04. The maximum Gasteiger partial charge on any atom is 0.317 e. The molecule has 1 N–H and O–H groups in total. The summed E-state index contributed by atoms with van der Waals surface area (Å²) in [6, 6.07) is 7.13. The molecule has 0 radical (unpaired) electrons. The average Bonchev–Trinajstić information content (AvgIpc) is 2.51. The minimum atomic E-state index is -0.626. The van der Waals surface area contributed by atoms with Crippen LogP contribution >= 0.6 is 0 Å². The molecular formula is C15H17N3O3. The van der Waals surface area contributed by atoms with E-state index in [4.69, 9.17) is 0 Å². The summed E-state index contributed by atoms with van der Waals surface area (Å²) in [5.41, 5.74) is 0.0525. The number of fused-ring (bicyclic) bond motifs is 1. The van der Waals surface area contributed by atoms with Gasteiger partial charge in [-0.2, -0.15) is 0 Å². The Labute approximate surface area is 121 Å². The first-order chi connectivity index (χ1) is 10.1. The molecule has 0 aliphatic carbocycles. The molecule has 1 aromatic heterocycles. The molecule has 2 aromatic rings. The summed E-state index contributed by atoms with van der Waals surface area (Å²) in [6.07, 6.45) is 1.72. The fourth-order valence-electron chi connectivity index (χ4n) is 2.24. The quantitative estimate of drug-likeness (QED) is 0.642. The van der Waals surface area contributed by atoms with Crippen molar-refractivity contribution in [2.24, 2.45) is 0 Å². The van der Waals surface area contributed by atoms with E-state index in [1.807, 2.05) is 0 Å². The summed E-state index contributed by atoms with van der Waals surface area (Å²) in [5.74, 6) is -0.179. The van der Waals surface area contributed by atoms with Gasteiger partial charge in [0, 0.05) is 26.6 Å². The van der Waals surface area contributed by atoms with Crippen LogP contribution in [0.2, 0.25) is 0 Å². The lowest BCUT2D eigenvalue weighted by molar-refractivity contribution is -0.120. The van der Waals surface area contributed by atoms with Crippen molar-refractivity contribution >= 4 is 16.9 Å². The highest BCUT2D eigenvalue weighted by Gasteiger charge is 2.12. The number of allylic oxidation sites excluding steroid dienone is 1. The molecule has 0 atom stereocenters. The lowest BCUT2D eigenvalue weighted by Gasteiger charge is -2.13. The van der Waals surface area contributed by atoms with Gasteiger partial charge in [0.15, 0.2) is 0 Å². The number of carbonyl (C=O) groups excluding carboxylic acids is 1. The Morgan fingerprint density at radius 3 is 2.33 bits per heavy atom. The lowest BCUT2D eigenvalue weighted by atomic mass is 10.2. The number of benzene rings is 1. The van der Waals surface area contributed by atoms with Crippen molar-refractivity contribution in [3.63, 3.8) is 0 Å². The van der Waals surface area contributed by atoms with Crippen molar-refractivity contribution in [1.29, 1.82) is 0 Å². The van der Waals surface area contributed by atoms with Crippen LogP contribution in [0, 0.1) is 0 Å². The van der Waals surface area contributed by atoms with E-state index in [2.05, 4.69) is 11.9 Å². The molecule has 0 aliphatic rings. The number of hydrogen-bond acceptors (Lipinski definition) is 3. The first-order valence-electron chi connectivity index (χ1n) is 6.64. The third-order valence-electron chi connectivity index (χ3n) is 3.29. The predicted molar refractivity (Wildman–Crippen MR) is 81.3 cm³/mol. The van der Waals surface area contributed by atoms with Crippen LogP contribution in [0.5, 0.6) is 0 Å². The molecule has 110 valence electrons. The Morgan fingerprint density at radius 1 is 1.19 bits per heavy atom. The summed E-state index contributed by atoms with van der Waals surface area (Å²) >= 11 is 0. The highest BCUT2D eigenvalue weighted by atomic mass is 16.2.